The van der Waals surface area contributed by atoms with Crippen LogP contribution in [-0.4, -0.2) is 31.2 Å². The number of halogens is 1. The Bertz CT molecular complexity index is 1940. The molecule has 1 saturated carbocycles. The first-order chi connectivity index (χ1) is 22.9. The van der Waals surface area contributed by atoms with Gasteiger partial charge >= 0.3 is 5.91 Å². The van der Waals surface area contributed by atoms with Crippen LogP contribution >= 0.6 is 11.6 Å². The van der Waals surface area contributed by atoms with Crippen molar-refractivity contribution in [3.63, 3.8) is 0 Å². The number of hydrogen-bond acceptors (Lipinski definition) is 5. The Hall–Kier alpha value is -4.65. The molecule has 1 aliphatic carbocycles. The summed E-state index contributed by atoms with van der Waals surface area (Å²) >= 11 is 6.20. The van der Waals surface area contributed by atoms with Crippen molar-refractivity contribution in [2.45, 2.75) is 44.9 Å². The Labute approximate surface area is 280 Å². The Morgan fingerprint density at radius 3 is 2.38 bits per heavy atom. The summed E-state index contributed by atoms with van der Waals surface area (Å²) in [5.74, 6) is 0.424. The van der Waals surface area contributed by atoms with E-state index in [1.807, 2.05) is 49.4 Å². The fourth-order valence-electron chi connectivity index (χ4n) is 6.51. The molecule has 6 nitrogen and oxygen atoms in total. The largest absolute Gasteiger partial charge is 0.491 e. The van der Waals surface area contributed by atoms with Gasteiger partial charge in [0.05, 0.1) is 17.8 Å². The average Bonchev–Trinajstić information content (AvgIpc) is 3.11. The quantitative estimate of drug-likeness (QED) is 0.0858. The van der Waals surface area contributed by atoms with Crippen molar-refractivity contribution in [3.05, 3.63) is 118 Å². The maximum Gasteiger partial charge on any atom is 0.309 e. The van der Waals surface area contributed by atoms with Gasteiger partial charge in [-0.2, -0.15) is 0 Å². The molecule has 47 heavy (non-hydrogen) atoms. The molecule has 0 saturated heterocycles. The van der Waals surface area contributed by atoms with Crippen LogP contribution in [0.4, 0.5) is 0 Å². The Morgan fingerprint density at radius 1 is 0.851 bits per heavy atom. The molecule has 0 bridgehead atoms. The predicted molar refractivity (Wildman–Crippen MR) is 191 cm³/mol. The summed E-state index contributed by atoms with van der Waals surface area (Å²) < 4.78 is 11.1. The van der Waals surface area contributed by atoms with E-state index in [1.165, 1.54) is 36.5 Å². The molecule has 1 amide bonds. The third-order valence-electron chi connectivity index (χ3n) is 8.96. The Kier molecular flexibility index (Phi) is 10.2. The van der Waals surface area contributed by atoms with Crippen LogP contribution in [0.1, 0.15) is 56.1 Å². The molecule has 0 unspecified atom stereocenters. The van der Waals surface area contributed by atoms with E-state index in [9.17, 15) is 9.70 Å². The number of benzene rings is 4. The van der Waals surface area contributed by atoms with Gasteiger partial charge in [-0.15, -0.1) is 4.91 Å². The first-order valence-corrected chi connectivity index (χ1v) is 16.4. The molecular formula is C40H37ClN2O4. The van der Waals surface area contributed by atoms with E-state index in [2.05, 4.69) is 53.7 Å². The highest BCUT2D eigenvalue weighted by Gasteiger charge is 2.21. The van der Waals surface area contributed by atoms with Crippen molar-refractivity contribution in [1.29, 1.82) is 0 Å². The number of carbonyl (C=O) groups is 1. The monoisotopic (exact) mass is 644 g/mol. The summed E-state index contributed by atoms with van der Waals surface area (Å²) in [6, 6.07) is 30.9. The van der Waals surface area contributed by atoms with Crippen LogP contribution in [-0.2, 0) is 9.53 Å². The lowest BCUT2D eigenvalue weighted by atomic mass is 9.79. The standard InChI is InChI=1S/C40H37ClN2O4/c1-26(22-40(44)43-45)29-10-16-35(36(24-29)27-6-4-3-5-7-27)30-11-18-38-31(23-30)12-19-39(42-38)37-25-33(47-21-20-46-2)15-17-34(37)28-8-13-32(41)14-9-28/h8-19,22-25,27H,3-7,20-21H2,1-2H3/b26-22+. The van der Waals surface area contributed by atoms with Crippen molar-refractivity contribution in [2.24, 2.45) is 5.18 Å². The van der Waals surface area contributed by atoms with Gasteiger partial charge in [0.15, 0.2) is 0 Å². The lowest BCUT2D eigenvalue weighted by Gasteiger charge is -2.25. The zero-order chi connectivity index (χ0) is 32.8. The summed E-state index contributed by atoms with van der Waals surface area (Å²) in [6.45, 7) is 2.81. The van der Waals surface area contributed by atoms with E-state index in [0.29, 0.717) is 24.2 Å². The van der Waals surface area contributed by atoms with Gasteiger partial charge in [-0.1, -0.05) is 79.4 Å². The third kappa shape index (κ3) is 7.51. The molecule has 1 heterocycles. The fourth-order valence-corrected chi connectivity index (χ4v) is 6.64. The Balaban J connectivity index is 1.39. The number of carbonyl (C=O) groups excluding carboxylic acids is 1. The van der Waals surface area contributed by atoms with Crippen molar-refractivity contribution < 1.29 is 14.3 Å². The van der Waals surface area contributed by atoms with E-state index in [0.717, 1.165) is 68.6 Å². The first kappa shape index (κ1) is 32.3. The average molecular weight is 645 g/mol. The summed E-state index contributed by atoms with van der Waals surface area (Å²) in [5.41, 5.74) is 10.1. The molecular weight excluding hydrogens is 608 g/mol. The van der Waals surface area contributed by atoms with Gasteiger partial charge in [-0.05, 0) is 107 Å². The number of methoxy groups -OCH3 is 1. The van der Waals surface area contributed by atoms with Gasteiger partial charge in [-0.3, -0.25) is 4.79 Å². The molecule has 1 aliphatic rings. The second-order valence-electron chi connectivity index (χ2n) is 12.1. The minimum absolute atomic E-state index is 0.437. The van der Waals surface area contributed by atoms with E-state index in [-0.39, 0.29) is 0 Å². The van der Waals surface area contributed by atoms with E-state index >= 15 is 0 Å². The molecule has 238 valence electrons. The molecule has 1 aromatic heterocycles. The molecule has 0 atom stereocenters. The number of fused-ring (bicyclic) bond motifs is 1. The highest BCUT2D eigenvalue weighted by molar-refractivity contribution is 6.30. The molecule has 0 spiro atoms. The zero-order valence-corrected chi connectivity index (χ0v) is 27.4. The van der Waals surface area contributed by atoms with Crippen LogP contribution in [0.2, 0.25) is 5.02 Å². The molecule has 0 radical (unpaired) electrons. The SMILES string of the molecule is COCCOc1ccc(-c2ccc(Cl)cc2)c(-c2ccc3cc(-c4ccc(/C(C)=C/C(=O)N=O)cc4C4CCCCC4)ccc3n2)c1. The molecule has 4 aromatic carbocycles. The number of aromatic nitrogens is 1. The van der Waals surface area contributed by atoms with Gasteiger partial charge < -0.3 is 9.47 Å². The summed E-state index contributed by atoms with van der Waals surface area (Å²) in [6.07, 6.45) is 7.25. The van der Waals surface area contributed by atoms with Crippen LogP contribution in [0.5, 0.6) is 5.75 Å². The topological polar surface area (TPSA) is 77.9 Å². The van der Waals surface area contributed by atoms with Crippen molar-refractivity contribution in [3.8, 4) is 39.3 Å². The number of nitrogens with zero attached hydrogens (tertiary/aromatic N) is 2. The van der Waals surface area contributed by atoms with E-state index in [4.69, 9.17) is 26.1 Å². The number of ether oxygens (including phenoxy) is 2. The maximum atomic E-state index is 11.7. The summed E-state index contributed by atoms with van der Waals surface area (Å²) in [5, 5.41) is 4.27. The predicted octanol–water partition coefficient (Wildman–Crippen LogP) is 10.7. The number of amides is 1. The van der Waals surface area contributed by atoms with E-state index in [1.54, 1.807) is 7.11 Å². The van der Waals surface area contributed by atoms with Gasteiger partial charge in [0.2, 0.25) is 0 Å². The van der Waals surface area contributed by atoms with Crippen LogP contribution in [0.3, 0.4) is 0 Å². The van der Waals surface area contributed by atoms with Crippen molar-refractivity contribution >= 4 is 34.0 Å². The lowest BCUT2D eigenvalue weighted by Crippen LogP contribution is -2.07. The lowest BCUT2D eigenvalue weighted by molar-refractivity contribution is -0.113. The second kappa shape index (κ2) is 14.8. The molecule has 0 N–H and O–H groups in total. The highest BCUT2D eigenvalue weighted by Crippen LogP contribution is 2.41. The minimum Gasteiger partial charge on any atom is -0.491 e. The normalized spacial score (nSPS) is 13.9. The van der Waals surface area contributed by atoms with Crippen LogP contribution in [0.15, 0.2) is 102 Å². The zero-order valence-electron chi connectivity index (χ0n) is 26.7. The molecule has 1 fully saturated rings. The van der Waals surface area contributed by atoms with E-state index < -0.39 is 5.91 Å². The third-order valence-corrected chi connectivity index (χ3v) is 9.21. The second-order valence-corrected chi connectivity index (χ2v) is 12.5. The Morgan fingerprint density at radius 2 is 1.62 bits per heavy atom. The maximum absolute atomic E-state index is 11.7. The number of hydrogen-bond donors (Lipinski definition) is 0. The van der Waals surface area contributed by atoms with Gasteiger partial charge in [0.1, 0.15) is 12.4 Å². The first-order valence-electron chi connectivity index (χ1n) is 16.1. The van der Waals surface area contributed by atoms with Gasteiger partial charge in [0.25, 0.3) is 0 Å². The smallest absolute Gasteiger partial charge is 0.309 e. The van der Waals surface area contributed by atoms with Crippen LogP contribution < -0.4 is 4.74 Å². The van der Waals surface area contributed by atoms with Gasteiger partial charge in [-0.25, -0.2) is 4.98 Å². The van der Waals surface area contributed by atoms with Crippen LogP contribution in [0, 0.1) is 4.91 Å². The number of allylic oxidation sites excluding steroid dienone is 1. The van der Waals surface area contributed by atoms with Crippen molar-refractivity contribution in [2.75, 3.05) is 20.3 Å². The van der Waals surface area contributed by atoms with Crippen molar-refractivity contribution in [1.82, 2.24) is 4.98 Å². The molecule has 7 heteroatoms. The molecule has 6 rings (SSSR count). The van der Waals surface area contributed by atoms with Gasteiger partial charge in [0, 0.05) is 34.3 Å². The summed E-state index contributed by atoms with van der Waals surface area (Å²) in [7, 11) is 1.66. The van der Waals surface area contributed by atoms with Crippen LogP contribution in [0.25, 0.3) is 50.0 Å². The number of rotatable bonds is 10. The molecule has 0 aliphatic heterocycles. The number of pyridine rings is 1. The highest BCUT2D eigenvalue weighted by atomic mass is 35.5. The fraction of sp³-hybridized carbons (Fsp3) is 0.250. The minimum atomic E-state index is -0.766. The number of nitroso groups, excluding NO2 is 1. The summed E-state index contributed by atoms with van der Waals surface area (Å²) in [4.78, 5) is 27.6. The molecule has 5 aromatic rings.